The fourth-order valence-corrected chi connectivity index (χ4v) is 5.11. The number of carbonyl (C=O) groups is 4. The molecule has 0 fully saturated rings. The lowest BCUT2D eigenvalue weighted by atomic mass is 9.98. The zero-order valence-electron chi connectivity index (χ0n) is 15.9. The number of nitrogens with one attached hydrogen (secondary N) is 1. The highest BCUT2D eigenvalue weighted by molar-refractivity contribution is 7.17. The number of hydrogen-bond acceptors (Lipinski definition) is 6. The smallest absolute Gasteiger partial charge is 0.255 e. The van der Waals surface area contributed by atoms with Crippen molar-refractivity contribution in [3.63, 3.8) is 0 Å². The molecule has 2 aromatic rings. The zero-order chi connectivity index (χ0) is 20.7. The van der Waals surface area contributed by atoms with Crippen LogP contribution in [0.5, 0.6) is 0 Å². The van der Waals surface area contributed by atoms with E-state index in [4.69, 9.17) is 5.73 Å². The predicted molar refractivity (Wildman–Crippen MR) is 108 cm³/mol. The number of likely N-dealkylation sites (N-methyl/N-ethyl adjacent to an activating group) is 1. The van der Waals surface area contributed by atoms with E-state index in [-0.39, 0.29) is 24.8 Å². The molecule has 29 heavy (non-hydrogen) atoms. The number of thiophene rings is 1. The summed E-state index contributed by atoms with van der Waals surface area (Å²) >= 11 is 1.33. The number of amides is 3. The molecule has 0 saturated carbocycles. The van der Waals surface area contributed by atoms with Crippen LogP contribution in [0.4, 0.5) is 5.00 Å². The van der Waals surface area contributed by atoms with Crippen molar-refractivity contribution in [3.05, 3.63) is 51.4 Å². The van der Waals surface area contributed by atoms with Gasteiger partial charge < -0.3 is 20.9 Å². The van der Waals surface area contributed by atoms with Crippen LogP contribution in [0.3, 0.4) is 0 Å². The third-order valence-electron chi connectivity index (χ3n) is 5.16. The van der Waals surface area contributed by atoms with E-state index in [1.165, 1.54) is 16.2 Å². The summed E-state index contributed by atoms with van der Waals surface area (Å²) < 4.78 is 0. The topological polar surface area (TPSA) is 113 Å². The van der Waals surface area contributed by atoms with Gasteiger partial charge in [0, 0.05) is 23.5 Å². The Morgan fingerprint density at radius 2 is 1.90 bits per heavy atom. The number of ketones is 1. The number of nitrogens with zero attached hydrogens (tertiary/aromatic N) is 2. The van der Waals surface area contributed by atoms with Gasteiger partial charge in [0.1, 0.15) is 11.5 Å². The molecule has 0 radical (unpaired) electrons. The van der Waals surface area contributed by atoms with Crippen LogP contribution >= 0.6 is 11.3 Å². The average Bonchev–Trinajstić information content (AvgIpc) is 3.02. The monoisotopic (exact) mass is 412 g/mol. The SMILES string of the molecule is CN1CCc2c(sc(NC(=O)CN3CC(=O)c4ccccc4C3=O)c2C(N)=O)C1. The summed E-state index contributed by atoms with van der Waals surface area (Å²) in [5.74, 6) is -1.63. The highest BCUT2D eigenvalue weighted by atomic mass is 32.1. The van der Waals surface area contributed by atoms with E-state index in [0.717, 1.165) is 17.0 Å². The molecular formula is C20H20N4O4S. The van der Waals surface area contributed by atoms with Crippen LogP contribution in [-0.2, 0) is 17.8 Å². The highest BCUT2D eigenvalue weighted by Gasteiger charge is 2.32. The molecule has 9 heteroatoms. The molecule has 0 atom stereocenters. The molecule has 3 amide bonds. The van der Waals surface area contributed by atoms with Crippen molar-refractivity contribution in [1.29, 1.82) is 0 Å². The maximum atomic E-state index is 12.6. The summed E-state index contributed by atoms with van der Waals surface area (Å²) in [6.45, 7) is 1.06. The maximum absolute atomic E-state index is 12.6. The minimum Gasteiger partial charge on any atom is -0.365 e. The normalized spacial score (nSPS) is 16.4. The van der Waals surface area contributed by atoms with Crippen LogP contribution in [0, 0.1) is 0 Å². The first-order valence-corrected chi connectivity index (χ1v) is 10.0. The van der Waals surface area contributed by atoms with Gasteiger partial charge in [-0.15, -0.1) is 11.3 Å². The van der Waals surface area contributed by atoms with Gasteiger partial charge >= 0.3 is 0 Å². The molecule has 0 unspecified atom stereocenters. The Hall–Kier alpha value is -3.04. The Kier molecular flexibility index (Phi) is 4.93. The molecule has 0 bridgehead atoms. The van der Waals surface area contributed by atoms with Gasteiger partial charge in [0.25, 0.3) is 11.8 Å². The van der Waals surface area contributed by atoms with E-state index in [0.29, 0.717) is 34.7 Å². The van der Waals surface area contributed by atoms with Gasteiger partial charge in [-0.3, -0.25) is 19.2 Å². The van der Waals surface area contributed by atoms with Crippen LogP contribution < -0.4 is 11.1 Å². The lowest BCUT2D eigenvalue weighted by molar-refractivity contribution is -0.116. The fraction of sp³-hybridized carbons (Fsp3) is 0.300. The summed E-state index contributed by atoms with van der Waals surface area (Å²) in [6.07, 6.45) is 0.687. The van der Waals surface area contributed by atoms with Crippen molar-refractivity contribution in [1.82, 2.24) is 9.80 Å². The largest absolute Gasteiger partial charge is 0.365 e. The number of primary amides is 1. The second-order valence-electron chi connectivity index (χ2n) is 7.24. The lowest BCUT2D eigenvalue weighted by Gasteiger charge is -2.26. The second-order valence-corrected chi connectivity index (χ2v) is 8.34. The number of anilines is 1. The summed E-state index contributed by atoms with van der Waals surface area (Å²) in [6, 6.07) is 6.57. The first kappa shape index (κ1) is 19.3. The molecule has 3 heterocycles. The number of hydrogen-bond donors (Lipinski definition) is 2. The molecular weight excluding hydrogens is 392 g/mol. The van der Waals surface area contributed by atoms with Crippen molar-refractivity contribution >= 4 is 39.8 Å². The molecule has 0 saturated heterocycles. The molecule has 150 valence electrons. The number of Topliss-reactive ketones (excluding diaryl/α,β-unsaturated/α-hetero) is 1. The summed E-state index contributed by atoms with van der Waals surface area (Å²) in [4.78, 5) is 53.9. The average molecular weight is 412 g/mol. The van der Waals surface area contributed by atoms with Crippen molar-refractivity contribution in [2.24, 2.45) is 5.73 Å². The van der Waals surface area contributed by atoms with Crippen LogP contribution in [-0.4, -0.2) is 60.0 Å². The van der Waals surface area contributed by atoms with Gasteiger partial charge in [0.2, 0.25) is 5.91 Å². The number of nitrogens with two attached hydrogens (primary N) is 1. The first-order chi connectivity index (χ1) is 13.8. The summed E-state index contributed by atoms with van der Waals surface area (Å²) in [7, 11) is 1.99. The van der Waals surface area contributed by atoms with Crippen LogP contribution in [0.2, 0.25) is 0 Å². The molecule has 4 rings (SSSR count). The van der Waals surface area contributed by atoms with Crippen molar-refractivity contribution in [2.75, 3.05) is 32.0 Å². The summed E-state index contributed by atoms with van der Waals surface area (Å²) in [5.41, 5.74) is 7.46. The van der Waals surface area contributed by atoms with Gasteiger partial charge in [-0.05, 0) is 25.1 Å². The molecule has 0 spiro atoms. The predicted octanol–water partition coefficient (Wildman–Crippen LogP) is 1.11. The number of carbonyl (C=O) groups excluding carboxylic acids is 4. The standard InChI is InChI=1S/C20H20N4O4S/c1-23-7-6-13-15(9-23)29-19(17(13)18(21)27)22-16(26)10-24-8-14(25)11-4-2-3-5-12(11)20(24)28/h2-5H,6-10H2,1H3,(H2,21,27)(H,22,26). The van der Waals surface area contributed by atoms with Crippen molar-refractivity contribution < 1.29 is 19.2 Å². The highest BCUT2D eigenvalue weighted by Crippen LogP contribution is 2.36. The second kappa shape index (κ2) is 7.41. The Labute approximate surface area is 171 Å². The minimum atomic E-state index is -0.583. The Bertz CT molecular complexity index is 1050. The van der Waals surface area contributed by atoms with Crippen LogP contribution in [0.15, 0.2) is 24.3 Å². The molecule has 1 aromatic carbocycles. The molecule has 2 aliphatic heterocycles. The minimum absolute atomic E-state index is 0.155. The number of rotatable bonds is 4. The van der Waals surface area contributed by atoms with E-state index in [1.54, 1.807) is 24.3 Å². The fourth-order valence-electron chi connectivity index (χ4n) is 3.76. The molecule has 1 aromatic heterocycles. The molecule has 2 aliphatic rings. The van der Waals surface area contributed by atoms with Crippen molar-refractivity contribution in [2.45, 2.75) is 13.0 Å². The molecule has 8 nitrogen and oxygen atoms in total. The number of fused-ring (bicyclic) bond motifs is 2. The van der Waals surface area contributed by atoms with E-state index >= 15 is 0 Å². The lowest BCUT2D eigenvalue weighted by Crippen LogP contribution is -2.45. The van der Waals surface area contributed by atoms with Crippen LogP contribution in [0.25, 0.3) is 0 Å². The van der Waals surface area contributed by atoms with Crippen molar-refractivity contribution in [3.8, 4) is 0 Å². The zero-order valence-corrected chi connectivity index (χ0v) is 16.7. The Morgan fingerprint density at radius 3 is 2.62 bits per heavy atom. The van der Waals surface area contributed by atoms with E-state index in [2.05, 4.69) is 10.2 Å². The Balaban J connectivity index is 1.53. The van der Waals surface area contributed by atoms with Gasteiger partial charge in [-0.2, -0.15) is 0 Å². The van der Waals surface area contributed by atoms with Gasteiger partial charge in [0.05, 0.1) is 17.7 Å². The van der Waals surface area contributed by atoms with Crippen LogP contribution in [0.1, 0.15) is 41.5 Å². The van der Waals surface area contributed by atoms with Gasteiger partial charge in [-0.25, -0.2) is 0 Å². The molecule has 0 aliphatic carbocycles. The number of benzene rings is 1. The third-order valence-corrected chi connectivity index (χ3v) is 6.29. The molecule has 3 N–H and O–H groups in total. The summed E-state index contributed by atoms with van der Waals surface area (Å²) in [5, 5.41) is 3.13. The Morgan fingerprint density at radius 1 is 1.17 bits per heavy atom. The van der Waals surface area contributed by atoms with E-state index in [1.807, 2.05) is 7.05 Å². The van der Waals surface area contributed by atoms with E-state index < -0.39 is 11.8 Å². The third kappa shape index (κ3) is 3.54. The van der Waals surface area contributed by atoms with Gasteiger partial charge in [0.15, 0.2) is 5.78 Å². The maximum Gasteiger partial charge on any atom is 0.255 e. The quantitative estimate of drug-likeness (QED) is 0.781. The van der Waals surface area contributed by atoms with Gasteiger partial charge in [-0.1, -0.05) is 18.2 Å². The van der Waals surface area contributed by atoms with E-state index in [9.17, 15) is 19.2 Å². The first-order valence-electron chi connectivity index (χ1n) is 9.19.